The van der Waals surface area contributed by atoms with Gasteiger partial charge in [-0.05, 0) is 30.3 Å². The van der Waals surface area contributed by atoms with Gasteiger partial charge in [-0.15, -0.1) is 0 Å². The van der Waals surface area contributed by atoms with Crippen molar-refractivity contribution >= 4 is 23.5 Å². The lowest BCUT2D eigenvalue weighted by atomic mass is 10.1. The van der Waals surface area contributed by atoms with E-state index < -0.39 is 22.7 Å². The van der Waals surface area contributed by atoms with Gasteiger partial charge in [0.1, 0.15) is 5.56 Å². The molecule has 25 heavy (non-hydrogen) atoms. The molecule has 0 aliphatic carbocycles. The summed E-state index contributed by atoms with van der Waals surface area (Å²) < 4.78 is 4.54. The van der Waals surface area contributed by atoms with Gasteiger partial charge in [-0.2, -0.15) is 0 Å². The van der Waals surface area contributed by atoms with Crippen LogP contribution in [0.2, 0.25) is 0 Å². The van der Waals surface area contributed by atoms with Crippen molar-refractivity contribution in [2.75, 3.05) is 7.11 Å². The molecule has 0 aliphatic heterocycles. The fourth-order valence-corrected chi connectivity index (χ4v) is 1.95. The van der Waals surface area contributed by atoms with E-state index in [2.05, 4.69) is 15.6 Å². The fourth-order valence-electron chi connectivity index (χ4n) is 1.95. The molecule has 128 valence electrons. The highest BCUT2D eigenvalue weighted by Crippen LogP contribution is 2.17. The van der Waals surface area contributed by atoms with Crippen LogP contribution in [0.3, 0.4) is 0 Å². The van der Waals surface area contributed by atoms with E-state index in [1.165, 1.54) is 55.6 Å². The standard InChI is InChI=1S/C16H13N3O6/c1-25-16(22)11-8-6-10(7-9-11)14(20)17-18-15(21)12-4-2-3-5-13(12)19(23)24/h2-9H,1H3,(H,17,20)(H,18,21). The zero-order valence-electron chi connectivity index (χ0n) is 13.0. The van der Waals surface area contributed by atoms with E-state index in [4.69, 9.17) is 0 Å². The molecule has 2 rings (SSSR count). The average Bonchev–Trinajstić information content (AvgIpc) is 2.65. The molecular weight excluding hydrogens is 330 g/mol. The predicted octanol–water partition coefficient (Wildman–Crippen LogP) is 1.46. The van der Waals surface area contributed by atoms with Crippen molar-refractivity contribution < 1.29 is 24.0 Å². The first-order valence-corrected chi connectivity index (χ1v) is 6.96. The van der Waals surface area contributed by atoms with Crippen LogP contribution in [0.5, 0.6) is 0 Å². The van der Waals surface area contributed by atoms with Gasteiger partial charge < -0.3 is 4.74 Å². The summed E-state index contributed by atoms with van der Waals surface area (Å²) in [5.74, 6) is -2.02. The lowest BCUT2D eigenvalue weighted by molar-refractivity contribution is -0.385. The molecule has 0 fully saturated rings. The highest BCUT2D eigenvalue weighted by Gasteiger charge is 2.19. The lowest BCUT2D eigenvalue weighted by Gasteiger charge is -2.08. The molecule has 2 N–H and O–H groups in total. The van der Waals surface area contributed by atoms with Crippen LogP contribution >= 0.6 is 0 Å². The minimum atomic E-state index is -0.827. The number of nitrogens with one attached hydrogen (secondary N) is 2. The van der Waals surface area contributed by atoms with Gasteiger partial charge in [-0.25, -0.2) is 4.79 Å². The molecule has 0 radical (unpaired) electrons. The van der Waals surface area contributed by atoms with Gasteiger partial charge in [0.2, 0.25) is 0 Å². The van der Waals surface area contributed by atoms with E-state index in [0.717, 1.165) is 0 Å². The van der Waals surface area contributed by atoms with Crippen molar-refractivity contribution in [3.05, 3.63) is 75.3 Å². The number of hydrogen-bond acceptors (Lipinski definition) is 6. The summed E-state index contributed by atoms with van der Waals surface area (Å²) in [6.45, 7) is 0. The third-order valence-corrected chi connectivity index (χ3v) is 3.20. The molecule has 0 spiro atoms. The number of hydrogen-bond donors (Lipinski definition) is 2. The SMILES string of the molecule is COC(=O)c1ccc(C(=O)NNC(=O)c2ccccc2[N+](=O)[O-])cc1. The first-order chi connectivity index (χ1) is 11.9. The number of nitro benzene ring substituents is 1. The highest BCUT2D eigenvalue weighted by atomic mass is 16.6. The van der Waals surface area contributed by atoms with E-state index in [1.807, 2.05) is 0 Å². The van der Waals surface area contributed by atoms with Crippen molar-refractivity contribution in [2.24, 2.45) is 0 Å². The molecule has 2 amide bonds. The first kappa shape index (κ1) is 17.6. The molecule has 9 nitrogen and oxygen atoms in total. The zero-order valence-corrected chi connectivity index (χ0v) is 13.0. The molecule has 2 aromatic carbocycles. The second-order valence-electron chi connectivity index (χ2n) is 4.75. The average molecular weight is 343 g/mol. The lowest BCUT2D eigenvalue weighted by Crippen LogP contribution is -2.41. The van der Waals surface area contributed by atoms with Crippen molar-refractivity contribution in [3.8, 4) is 0 Å². The Morgan fingerprint density at radius 2 is 1.48 bits per heavy atom. The zero-order chi connectivity index (χ0) is 18.4. The van der Waals surface area contributed by atoms with Gasteiger partial charge in [0.05, 0.1) is 17.6 Å². The number of carbonyl (C=O) groups excluding carboxylic acids is 3. The van der Waals surface area contributed by atoms with Gasteiger partial charge >= 0.3 is 5.97 Å². The molecule has 0 heterocycles. The van der Waals surface area contributed by atoms with Crippen LogP contribution in [-0.2, 0) is 4.74 Å². The summed E-state index contributed by atoms with van der Waals surface area (Å²) in [5.41, 5.74) is 4.13. The predicted molar refractivity (Wildman–Crippen MR) is 85.8 cm³/mol. The summed E-state index contributed by atoms with van der Waals surface area (Å²) in [5, 5.41) is 10.9. The quantitative estimate of drug-likeness (QED) is 0.491. The van der Waals surface area contributed by atoms with Crippen LogP contribution in [0, 0.1) is 10.1 Å². The number of hydrazine groups is 1. The summed E-state index contributed by atoms with van der Waals surface area (Å²) in [7, 11) is 1.24. The number of para-hydroxylation sites is 1. The van der Waals surface area contributed by atoms with Gasteiger partial charge in [0.15, 0.2) is 0 Å². The summed E-state index contributed by atoms with van der Waals surface area (Å²) in [4.78, 5) is 45.5. The van der Waals surface area contributed by atoms with E-state index in [0.29, 0.717) is 0 Å². The van der Waals surface area contributed by atoms with Gasteiger partial charge in [0.25, 0.3) is 17.5 Å². The largest absolute Gasteiger partial charge is 0.465 e. The Bertz CT molecular complexity index is 832. The van der Waals surface area contributed by atoms with Crippen LogP contribution < -0.4 is 10.9 Å². The van der Waals surface area contributed by atoms with Crippen LogP contribution in [0.1, 0.15) is 31.1 Å². The van der Waals surface area contributed by atoms with Crippen molar-refractivity contribution in [3.63, 3.8) is 0 Å². The maximum Gasteiger partial charge on any atom is 0.337 e. The minimum absolute atomic E-state index is 0.176. The monoisotopic (exact) mass is 343 g/mol. The van der Waals surface area contributed by atoms with Crippen LogP contribution in [0.25, 0.3) is 0 Å². The first-order valence-electron chi connectivity index (χ1n) is 6.96. The number of rotatable bonds is 4. The van der Waals surface area contributed by atoms with Crippen molar-refractivity contribution in [2.45, 2.75) is 0 Å². The normalized spacial score (nSPS) is 9.80. The number of esters is 1. The van der Waals surface area contributed by atoms with E-state index in [-0.39, 0.29) is 22.4 Å². The topological polar surface area (TPSA) is 128 Å². The molecule has 2 aromatic rings. The molecule has 9 heteroatoms. The second kappa shape index (κ2) is 7.68. The highest BCUT2D eigenvalue weighted by molar-refractivity contribution is 6.01. The number of nitrogens with zero attached hydrogens (tertiary/aromatic N) is 1. The molecule has 0 bridgehead atoms. The van der Waals surface area contributed by atoms with Crippen molar-refractivity contribution in [1.82, 2.24) is 10.9 Å². The second-order valence-corrected chi connectivity index (χ2v) is 4.75. The third kappa shape index (κ3) is 4.16. The summed E-state index contributed by atoms with van der Waals surface area (Å²) >= 11 is 0. The Morgan fingerprint density at radius 3 is 2.08 bits per heavy atom. The van der Waals surface area contributed by atoms with Gasteiger partial charge in [0, 0.05) is 11.6 Å². The minimum Gasteiger partial charge on any atom is -0.465 e. The van der Waals surface area contributed by atoms with E-state index in [9.17, 15) is 24.5 Å². The number of ether oxygens (including phenoxy) is 1. The summed E-state index contributed by atoms with van der Waals surface area (Å²) in [6, 6.07) is 10.9. The van der Waals surface area contributed by atoms with Crippen LogP contribution in [-0.4, -0.2) is 29.8 Å². The summed E-state index contributed by atoms with van der Waals surface area (Å²) in [6.07, 6.45) is 0. The molecule has 0 saturated carbocycles. The van der Waals surface area contributed by atoms with E-state index in [1.54, 1.807) is 0 Å². The maximum absolute atomic E-state index is 12.0. The number of methoxy groups -OCH3 is 1. The maximum atomic E-state index is 12.0. The molecule has 0 atom stereocenters. The van der Waals surface area contributed by atoms with Gasteiger partial charge in [-0.3, -0.25) is 30.6 Å². The molecule has 0 saturated heterocycles. The Labute approximate surface area is 141 Å². The molecule has 0 unspecified atom stereocenters. The number of nitro groups is 1. The van der Waals surface area contributed by atoms with E-state index >= 15 is 0 Å². The van der Waals surface area contributed by atoms with Crippen LogP contribution in [0.15, 0.2) is 48.5 Å². The number of carbonyl (C=O) groups is 3. The van der Waals surface area contributed by atoms with Gasteiger partial charge in [-0.1, -0.05) is 12.1 Å². The van der Waals surface area contributed by atoms with Crippen molar-refractivity contribution in [1.29, 1.82) is 0 Å². The Balaban J connectivity index is 2.04. The molecule has 0 aromatic heterocycles. The Morgan fingerprint density at radius 1 is 0.920 bits per heavy atom. The Hall–Kier alpha value is -3.75. The number of benzene rings is 2. The third-order valence-electron chi connectivity index (χ3n) is 3.20. The fraction of sp³-hybridized carbons (Fsp3) is 0.0625. The number of amides is 2. The molecule has 0 aliphatic rings. The van der Waals surface area contributed by atoms with Crippen LogP contribution in [0.4, 0.5) is 5.69 Å². The smallest absolute Gasteiger partial charge is 0.337 e. The Kier molecular flexibility index (Phi) is 5.41. The molecular formula is C16H13N3O6.